The van der Waals surface area contributed by atoms with E-state index in [0.29, 0.717) is 19.8 Å². The van der Waals surface area contributed by atoms with Gasteiger partial charge in [-0.15, -0.1) is 0 Å². The summed E-state index contributed by atoms with van der Waals surface area (Å²) in [6.45, 7) is 5.89. The first-order valence-corrected chi connectivity index (χ1v) is 5.15. The van der Waals surface area contributed by atoms with E-state index >= 15 is 0 Å². The minimum atomic E-state index is 0.127. The zero-order valence-corrected chi connectivity index (χ0v) is 9.54. The molecule has 0 spiro atoms. The lowest BCUT2D eigenvalue weighted by Gasteiger charge is -2.17. The van der Waals surface area contributed by atoms with Gasteiger partial charge in [-0.05, 0) is 13.0 Å². The van der Waals surface area contributed by atoms with E-state index in [0.717, 1.165) is 19.5 Å². The molecule has 0 aliphatic carbocycles. The molecule has 4 heteroatoms. The Morgan fingerprint density at radius 2 is 1.93 bits per heavy atom. The van der Waals surface area contributed by atoms with Crippen molar-refractivity contribution < 1.29 is 14.2 Å². The molecule has 0 saturated heterocycles. The molecule has 0 heterocycles. The quantitative estimate of drug-likeness (QED) is 0.532. The van der Waals surface area contributed by atoms with Crippen molar-refractivity contribution in [1.29, 1.82) is 0 Å². The number of nitrogens with one attached hydrogen (secondary N) is 1. The molecule has 0 aromatic heterocycles. The summed E-state index contributed by atoms with van der Waals surface area (Å²) < 4.78 is 15.5. The van der Waals surface area contributed by atoms with E-state index in [1.54, 1.807) is 14.2 Å². The van der Waals surface area contributed by atoms with Gasteiger partial charge in [0.1, 0.15) is 0 Å². The lowest BCUT2D eigenvalue weighted by molar-refractivity contribution is -0.0204. The SMILES string of the molecule is CCCNCC(COC)OCCOC. The minimum Gasteiger partial charge on any atom is -0.382 e. The van der Waals surface area contributed by atoms with E-state index in [9.17, 15) is 0 Å². The molecule has 0 aromatic rings. The second-order valence-electron chi connectivity index (χ2n) is 3.15. The van der Waals surface area contributed by atoms with Crippen LogP contribution in [0, 0.1) is 0 Å². The topological polar surface area (TPSA) is 39.7 Å². The van der Waals surface area contributed by atoms with Crippen LogP contribution in [0.5, 0.6) is 0 Å². The highest BCUT2D eigenvalue weighted by molar-refractivity contribution is 4.60. The minimum absolute atomic E-state index is 0.127. The normalized spacial score (nSPS) is 13.1. The van der Waals surface area contributed by atoms with Gasteiger partial charge in [-0.25, -0.2) is 0 Å². The van der Waals surface area contributed by atoms with E-state index in [1.165, 1.54) is 0 Å². The molecule has 0 aliphatic rings. The molecule has 0 aliphatic heterocycles. The van der Waals surface area contributed by atoms with Crippen molar-refractivity contribution in [1.82, 2.24) is 5.32 Å². The van der Waals surface area contributed by atoms with E-state index in [4.69, 9.17) is 14.2 Å². The summed E-state index contributed by atoms with van der Waals surface area (Å²) in [4.78, 5) is 0. The molecule has 0 rings (SSSR count). The molecular formula is C10H23NO3. The Bertz CT molecular complexity index is 102. The molecule has 1 N–H and O–H groups in total. The molecule has 0 saturated carbocycles. The van der Waals surface area contributed by atoms with Crippen LogP contribution in [-0.4, -0.2) is 53.2 Å². The average molecular weight is 205 g/mol. The Morgan fingerprint density at radius 1 is 1.14 bits per heavy atom. The first-order chi connectivity index (χ1) is 6.85. The maximum Gasteiger partial charge on any atom is 0.0933 e. The van der Waals surface area contributed by atoms with Gasteiger partial charge in [0.05, 0.1) is 25.9 Å². The van der Waals surface area contributed by atoms with Crippen LogP contribution in [0.3, 0.4) is 0 Å². The van der Waals surface area contributed by atoms with Gasteiger partial charge in [-0.3, -0.25) is 0 Å². The van der Waals surface area contributed by atoms with Crippen molar-refractivity contribution in [2.75, 3.05) is 47.1 Å². The third-order valence-corrected chi connectivity index (χ3v) is 1.79. The fourth-order valence-corrected chi connectivity index (χ4v) is 1.09. The number of ether oxygens (including phenoxy) is 3. The van der Waals surface area contributed by atoms with Crippen molar-refractivity contribution in [2.24, 2.45) is 0 Å². The predicted molar refractivity (Wildman–Crippen MR) is 56.7 cm³/mol. The van der Waals surface area contributed by atoms with Crippen LogP contribution < -0.4 is 5.32 Å². The van der Waals surface area contributed by atoms with Crippen molar-refractivity contribution >= 4 is 0 Å². The molecule has 0 bridgehead atoms. The second kappa shape index (κ2) is 10.9. The Labute approximate surface area is 86.9 Å². The van der Waals surface area contributed by atoms with Gasteiger partial charge < -0.3 is 19.5 Å². The number of methoxy groups -OCH3 is 2. The summed E-state index contributed by atoms with van der Waals surface area (Å²) in [5, 5.41) is 3.30. The summed E-state index contributed by atoms with van der Waals surface area (Å²) in [7, 11) is 3.36. The van der Waals surface area contributed by atoms with Crippen LogP contribution in [0.4, 0.5) is 0 Å². The molecule has 86 valence electrons. The Balaban J connectivity index is 3.44. The third kappa shape index (κ3) is 8.44. The predicted octanol–water partition coefficient (Wildman–Crippen LogP) is 0.664. The molecule has 0 amide bonds. The van der Waals surface area contributed by atoms with Gasteiger partial charge in [-0.2, -0.15) is 0 Å². The maximum absolute atomic E-state index is 5.56. The molecule has 1 unspecified atom stereocenters. The van der Waals surface area contributed by atoms with Crippen LogP contribution in [0.2, 0.25) is 0 Å². The van der Waals surface area contributed by atoms with Crippen molar-refractivity contribution in [3.8, 4) is 0 Å². The van der Waals surface area contributed by atoms with E-state index in [-0.39, 0.29) is 6.10 Å². The number of hydrogen-bond donors (Lipinski definition) is 1. The zero-order valence-electron chi connectivity index (χ0n) is 9.54. The highest BCUT2D eigenvalue weighted by Gasteiger charge is 2.07. The van der Waals surface area contributed by atoms with Crippen LogP contribution in [-0.2, 0) is 14.2 Å². The molecule has 0 aromatic carbocycles. The smallest absolute Gasteiger partial charge is 0.0933 e. The van der Waals surface area contributed by atoms with Gasteiger partial charge in [0, 0.05) is 20.8 Å². The number of rotatable bonds is 10. The summed E-state index contributed by atoms with van der Waals surface area (Å²) in [5.41, 5.74) is 0. The fraction of sp³-hybridized carbons (Fsp3) is 1.00. The lowest BCUT2D eigenvalue weighted by Crippen LogP contribution is -2.33. The highest BCUT2D eigenvalue weighted by atomic mass is 16.5. The van der Waals surface area contributed by atoms with Gasteiger partial charge in [0.2, 0.25) is 0 Å². The Kier molecular flexibility index (Phi) is 10.8. The van der Waals surface area contributed by atoms with Crippen LogP contribution >= 0.6 is 0 Å². The van der Waals surface area contributed by atoms with E-state index in [1.807, 2.05) is 0 Å². The second-order valence-corrected chi connectivity index (χ2v) is 3.15. The van der Waals surface area contributed by atoms with Crippen molar-refractivity contribution in [3.05, 3.63) is 0 Å². The van der Waals surface area contributed by atoms with Crippen LogP contribution in [0.25, 0.3) is 0 Å². The highest BCUT2D eigenvalue weighted by Crippen LogP contribution is 1.92. The van der Waals surface area contributed by atoms with Crippen LogP contribution in [0.1, 0.15) is 13.3 Å². The van der Waals surface area contributed by atoms with Crippen molar-refractivity contribution in [2.45, 2.75) is 19.4 Å². The number of hydrogen-bond acceptors (Lipinski definition) is 4. The standard InChI is InChI=1S/C10H23NO3/c1-4-5-11-8-10(9-13-3)14-7-6-12-2/h10-11H,4-9H2,1-3H3. The molecule has 0 radical (unpaired) electrons. The summed E-state index contributed by atoms with van der Waals surface area (Å²) >= 11 is 0. The van der Waals surface area contributed by atoms with Gasteiger partial charge in [0.25, 0.3) is 0 Å². The average Bonchev–Trinajstić information content (AvgIpc) is 2.18. The molecule has 4 nitrogen and oxygen atoms in total. The third-order valence-electron chi connectivity index (χ3n) is 1.79. The summed E-state index contributed by atoms with van der Waals surface area (Å²) in [6, 6.07) is 0. The van der Waals surface area contributed by atoms with E-state index in [2.05, 4.69) is 12.2 Å². The lowest BCUT2D eigenvalue weighted by atomic mass is 10.3. The Hall–Kier alpha value is -0.160. The fourth-order valence-electron chi connectivity index (χ4n) is 1.09. The zero-order chi connectivity index (χ0) is 10.6. The largest absolute Gasteiger partial charge is 0.382 e. The first-order valence-electron chi connectivity index (χ1n) is 5.15. The van der Waals surface area contributed by atoms with E-state index < -0.39 is 0 Å². The monoisotopic (exact) mass is 205 g/mol. The van der Waals surface area contributed by atoms with Gasteiger partial charge in [-0.1, -0.05) is 6.92 Å². The molecular weight excluding hydrogens is 182 g/mol. The first kappa shape index (κ1) is 13.8. The molecule has 0 fully saturated rings. The molecule has 1 atom stereocenters. The molecule has 14 heavy (non-hydrogen) atoms. The van der Waals surface area contributed by atoms with Gasteiger partial charge >= 0.3 is 0 Å². The van der Waals surface area contributed by atoms with Crippen molar-refractivity contribution in [3.63, 3.8) is 0 Å². The van der Waals surface area contributed by atoms with Gasteiger partial charge in [0.15, 0.2) is 0 Å². The Morgan fingerprint density at radius 3 is 2.50 bits per heavy atom. The van der Waals surface area contributed by atoms with Crippen LogP contribution in [0.15, 0.2) is 0 Å². The summed E-state index contributed by atoms with van der Waals surface area (Å²) in [5.74, 6) is 0. The maximum atomic E-state index is 5.56. The summed E-state index contributed by atoms with van der Waals surface area (Å²) in [6.07, 6.45) is 1.26.